The van der Waals surface area contributed by atoms with Crippen molar-refractivity contribution < 1.29 is 32.6 Å². The zero-order valence-corrected chi connectivity index (χ0v) is 45.5. The fourth-order valence-corrected chi connectivity index (χ4v) is 11.3. The van der Waals surface area contributed by atoms with E-state index in [0.717, 1.165) is 103 Å². The summed E-state index contributed by atoms with van der Waals surface area (Å²) >= 11 is 0. The number of methoxy groups -OCH3 is 1. The number of terminal acetylenes is 1. The number of nitrogens with zero attached hydrogens (tertiary/aromatic N) is 7. The molecule has 4 N–H and O–H groups in total. The highest BCUT2D eigenvalue weighted by Crippen LogP contribution is 2.45. The maximum Gasteiger partial charge on any atom is 0.319 e. The molecule has 2 aromatic heterocycles. The van der Waals surface area contributed by atoms with E-state index in [4.69, 9.17) is 26.3 Å². The molecule has 18 heteroatoms. The van der Waals surface area contributed by atoms with Gasteiger partial charge in [-0.15, -0.1) is 6.42 Å². The molecular formula is C59H75F2N11O5. The van der Waals surface area contributed by atoms with E-state index in [9.17, 15) is 18.8 Å². The summed E-state index contributed by atoms with van der Waals surface area (Å²) in [6, 6.07) is 15.2. The second-order valence-corrected chi connectivity index (χ2v) is 20.3. The molecule has 4 unspecified atom stereocenters. The van der Waals surface area contributed by atoms with Gasteiger partial charge in [0.2, 0.25) is 18.7 Å². The summed E-state index contributed by atoms with van der Waals surface area (Å²) in [7, 11) is 5.07. The second-order valence-electron chi connectivity index (χ2n) is 20.3. The van der Waals surface area contributed by atoms with Gasteiger partial charge in [0, 0.05) is 113 Å². The number of amidine groups is 1. The van der Waals surface area contributed by atoms with Gasteiger partial charge in [-0.05, 0) is 80.5 Å². The summed E-state index contributed by atoms with van der Waals surface area (Å²) in [4.78, 5) is 54.6. The van der Waals surface area contributed by atoms with Crippen molar-refractivity contribution >= 4 is 57.7 Å². The van der Waals surface area contributed by atoms with E-state index in [-0.39, 0.29) is 53.0 Å². The fourth-order valence-electron chi connectivity index (χ4n) is 11.3. The number of rotatable bonds is 20. The Kier molecular flexibility index (Phi) is 20.1. The van der Waals surface area contributed by atoms with Crippen LogP contribution in [-0.4, -0.2) is 152 Å². The van der Waals surface area contributed by atoms with Gasteiger partial charge in [-0.2, -0.15) is 9.97 Å². The monoisotopic (exact) mass is 1060 g/mol. The van der Waals surface area contributed by atoms with Crippen molar-refractivity contribution in [3.8, 4) is 29.6 Å². The van der Waals surface area contributed by atoms with Crippen molar-refractivity contribution in [2.45, 2.75) is 109 Å². The summed E-state index contributed by atoms with van der Waals surface area (Å²) in [5, 5.41) is 19.1. The lowest BCUT2D eigenvalue weighted by atomic mass is 9.94. The number of hydrogen-bond donors (Lipinski definition) is 4. The minimum absolute atomic E-state index is 0.0474. The maximum atomic E-state index is 16.8. The summed E-state index contributed by atoms with van der Waals surface area (Å²) < 4.78 is 43.6. The van der Waals surface area contributed by atoms with Crippen molar-refractivity contribution in [1.82, 2.24) is 40.3 Å². The third-order valence-electron chi connectivity index (χ3n) is 14.9. The first-order chi connectivity index (χ1) is 37.3. The SMILES string of the molecule is C#Cc1c(F)ccc2cccc(-c3ncc4c(N5CC6CCC(C5)N6)nc(OCC56CCC(COC)N5CC(=C)C6)nc4c3F)c12.CCCN(C=O)CCC.CCCc1ccc(C(=N)N(C=O)CCC(=O)NC)c(NC)c1. The largest absolute Gasteiger partial charge is 0.461 e. The van der Waals surface area contributed by atoms with Crippen LogP contribution in [0, 0.1) is 29.4 Å². The molecule has 5 aromatic rings. The number of ether oxygens (including phenoxy) is 2. The Balaban J connectivity index is 0.000000231. The lowest BCUT2D eigenvalue weighted by Gasteiger charge is -2.35. The molecule has 6 heterocycles. The van der Waals surface area contributed by atoms with Crippen LogP contribution in [-0.2, 0) is 25.5 Å². The molecule has 4 saturated heterocycles. The first-order valence-electron chi connectivity index (χ1n) is 26.9. The summed E-state index contributed by atoms with van der Waals surface area (Å²) in [5.41, 5.74) is 4.21. The number of halogens is 2. The zero-order chi connectivity index (χ0) is 55.2. The molecule has 16 nitrogen and oxygen atoms in total. The number of carbonyl (C=O) groups is 3. The molecule has 0 saturated carbocycles. The molecule has 410 valence electrons. The quantitative estimate of drug-likeness (QED) is 0.0194. The Morgan fingerprint density at radius 1 is 1.01 bits per heavy atom. The number of nitrogens with one attached hydrogen (secondary N) is 4. The number of aromatic nitrogens is 3. The Labute approximate surface area is 451 Å². The van der Waals surface area contributed by atoms with Crippen LogP contribution in [0.5, 0.6) is 6.01 Å². The van der Waals surface area contributed by atoms with Gasteiger partial charge in [0.1, 0.15) is 35.3 Å². The highest BCUT2D eigenvalue weighted by atomic mass is 19.1. The molecule has 9 rings (SSSR count). The van der Waals surface area contributed by atoms with Crippen LogP contribution >= 0.6 is 0 Å². The van der Waals surface area contributed by atoms with E-state index in [1.807, 2.05) is 24.3 Å². The highest BCUT2D eigenvalue weighted by Gasteiger charge is 2.51. The number of benzene rings is 3. The van der Waals surface area contributed by atoms with Gasteiger partial charge in [-0.3, -0.25) is 34.6 Å². The summed E-state index contributed by atoms with van der Waals surface area (Å²) in [6.07, 6.45) is 18.1. The van der Waals surface area contributed by atoms with Crippen LogP contribution < -0.4 is 25.6 Å². The number of anilines is 2. The predicted octanol–water partition coefficient (Wildman–Crippen LogP) is 8.10. The number of pyridine rings is 1. The molecule has 4 atom stereocenters. The van der Waals surface area contributed by atoms with Crippen LogP contribution in [0.15, 0.2) is 66.9 Å². The fraction of sp³-hybridized carbons (Fsp3) is 0.475. The molecule has 4 aliphatic heterocycles. The van der Waals surface area contributed by atoms with Crippen molar-refractivity contribution in [3.63, 3.8) is 0 Å². The normalized spacial score (nSPS) is 19.3. The van der Waals surface area contributed by atoms with Crippen LogP contribution in [0.2, 0.25) is 0 Å². The van der Waals surface area contributed by atoms with Gasteiger partial charge < -0.3 is 35.2 Å². The van der Waals surface area contributed by atoms with Gasteiger partial charge in [-0.25, -0.2) is 8.78 Å². The Bertz CT molecular complexity index is 2950. The van der Waals surface area contributed by atoms with E-state index >= 15 is 4.39 Å². The first-order valence-corrected chi connectivity index (χ1v) is 26.9. The zero-order valence-electron chi connectivity index (χ0n) is 45.5. The van der Waals surface area contributed by atoms with Crippen molar-refractivity contribution in [3.05, 3.63) is 95.2 Å². The van der Waals surface area contributed by atoms with Crippen molar-refractivity contribution in [2.75, 3.05) is 83.9 Å². The van der Waals surface area contributed by atoms with Gasteiger partial charge in [-0.1, -0.05) is 75.6 Å². The van der Waals surface area contributed by atoms with Crippen molar-refractivity contribution in [2.24, 2.45) is 0 Å². The molecule has 0 radical (unpaired) electrons. The number of amides is 3. The van der Waals surface area contributed by atoms with Crippen LogP contribution in [0.1, 0.15) is 95.2 Å². The van der Waals surface area contributed by atoms with Crippen molar-refractivity contribution in [1.29, 1.82) is 5.41 Å². The highest BCUT2D eigenvalue weighted by molar-refractivity contribution is 6.06. The first kappa shape index (κ1) is 57.6. The molecule has 0 spiro atoms. The second kappa shape index (κ2) is 26.8. The minimum atomic E-state index is -0.626. The minimum Gasteiger partial charge on any atom is -0.461 e. The average Bonchev–Trinajstić information content (AvgIpc) is 4.14. The van der Waals surface area contributed by atoms with E-state index < -0.39 is 11.6 Å². The van der Waals surface area contributed by atoms with E-state index in [0.29, 0.717) is 70.9 Å². The van der Waals surface area contributed by atoms with E-state index in [1.165, 1.54) is 22.1 Å². The molecule has 3 aromatic carbocycles. The average molecular weight is 1060 g/mol. The third-order valence-corrected chi connectivity index (χ3v) is 14.9. The van der Waals surface area contributed by atoms with Gasteiger partial charge in [0.25, 0.3) is 0 Å². The number of piperazine rings is 1. The molecule has 4 aliphatic rings. The molecule has 3 amide bonds. The molecule has 2 bridgehead atoms. The Morgan fingerprint density at radius 2 is 1.77 bits per heavy atom. The van der Waals surface area contributed by atoms with Gasteiger partial charge in [0.15, 0.2) is 5.82 Å². The summed E-state index contributed by atoms with van der Waals surface area (Å²) in [5.74, 6) is 1.82. The lowest BCUT2D eigenvalue weighted by Crippen LogP contribution is -2.51. The maximum absolute atomic E-state index is 16.8. The number of fused-ring (bicyclic) bond motifs is 5. The number of carbonyl (C=O) groups excluding carboxylic acids is 3. The van der Waals surface area contributed by atoms with Crippen LogP contribution in [0.25, 0.3) is 32.9 Å². The Morgan fingerprint density at radius 3 is 2.42 bits per heavy atom. The number of hydrogen-bond acceptors (Lipinski definition) is 13. The Hall–Kier alpha value is -7.07. The number of aryl methyl sites for hydroxylation is 1. The van der Waals surface area contributed by atoms with E-state index in [2.05, 4.69) is 69.0 Å². The van der Waals surface area contributed by atoms with Gasteiger partial charge in [0.05, 0.1) is 23.1 Å². The standard InChI is InChI=1S/C36H36F2N6O2.C16H24N4O2.C7H15NO/c1-4-26-29(37)11-8-22-6-5-7-27(30(22)26)32-31(38)33-28(15-39-32)34(43-17-23-9-10-24(18-43)40-23)42-35(41-33)46-20-36-13-12-25(19-45-3)44(36)16-21(2)14-36;1-4-5-12-6-7-13(14(10-12)18-2)16(17)20(11-21)9-8-15(22)19-3;1-3-5-8(7-9)6-4-2/h1,5-8,11,15,23-25,40H,2,9-10,12-14,16-20H2,3H3;6-7,10-11,17-18H,4-5,8-9H2,1-3H3,(H,19,22);7H,3-6H2,1-2H3. The van der Waals surface area contributed by atoms with Gasteiger partial charge >= 0.3 is 6.01 Å². The van der Waals surface area contributed by atoms with Crippen LogP contribution in [0.4, 0.5) is 20.3 Å². The topological polar surface area (TPSA) is 181 Å². The molecule has 4 fully saturated rings. The smallest absolute Gasteiger partial charge is 0.319 e. The van der Waals surface area contributed by atoms with Crippen LogP contribution in [0.3, 0.4) is 0 Å². The molecular weight excluding hydrogens is 981 g/mol. The predicted molar refractivity (Wildman–Crippen MR) is 300 cm³/mol. The van der Waals surface area contributed by atoms with E-state index in [1.54, 1.807) is 50.5 Å². The lowest BCUT2D eigenvalue weighted by molar-refractivity contribution is -0.121. The third kappa shape index (κ3) is 13.2. The molecule has 0 aliphatic carbocycles. The summed E-state index contributed by atoms with van der Waals surface area (Å²) in [6.45, 7) is 15.8. The molecule has 77 heavy (non-hydrogen) atoms.